The number of rotatable bonds is 5. The number of para-hydroxylation sites is 1. The van der Waals surface area contributed by atoms with Crippen molar-refractivity contribution in [1.82, 2.24) is 0 Å². The highest BCUT2D eigenvalue weighted by molar-refractivity contribution is 5.99. The summed E-state index contributed by atoms with van der Waals surface area (Å²) in [6.07, 6.45) is 5.11. The average Bonchev–Trinajstić information content (AvgIpc) is 2.44. The maximum Gasteiger partial charge on any atom is 0.166 e. The van der Waals surface area contributed by atoms with Gasteiger partial charge in [0.2, 0.25) is 0 Å². The van der Waals surface area contributed by atoms with E-state index in [4.69, 9.17) is 9.47 Å². The molecule has 1 saturated carbocycles. The zero-order valence-corrected chi connectivity index (χ0v) is 12.1. The first-order valence-corrected chi connectivity index (χ1v) is 7.67. The van der Waals surface area contributed by atoms with E-state index in [-0.39, 0.29) is 5.78 Å². The molecule has 0 N–H and O–H groups in total. The molecule has 1 aliphatic heterocycles. The number of fused-ring (bicyclic) bond motifs is 1. The molecule has 0 radical (unpaired) electrons. The van der Waals surface area contributed by atoms with E-state index in [1.165, 1.54) is 5.56 Å². The standard InChI is InChI=1S/C17H22O3/c1-2-19-14-9-12(10-14)11-16(18)15-7-3-5-13-6-4-8-20-17(13)15/h3,5,7,12,14H,2,4,6,8-11H2,1H3. The molecule has 2 aliphatic rings. The zero-order valence-electron chi connectivity index (χ0n) is 12.1. The first-order valence-electron chi connectivity index (χ1n) is 7.67. The number of aryl methyl sites for hydroxylation is 1. The number of ketones is 1. The van der Waals surface area contributed by atoms with E-state index >= 15 is 0 Å². The molecule has 0 saturated heterocycles. The molecule has 1 aromatic carbocycles. The van der Waals surface area contributed by atoms with Crippen molar-refractivity contribution in [2.24, 2.45) is 5.92 Å². The minimum absolute atomic E-state index is 0.226. The SMILES string of the molecule is CCOC1CC(CC(=O)c2cccc3c2OCCC3)C1. The normalized spacial score (nSPS) is 24.4. The van der Waals surface area contributed by atoms with E-state index in [0.29, 0.717) is 18.4 Å². The molecule has 0 amide bonds. The van der Waals surface area contributed by atoms with Crippen molar-refractivity contribution >= 4 is 5.78 Å². The summed E-state index contributed by atoms with van der Waals surface area (Å²) < 4.78 is 11.3. The van der Waals surface area contributed by atoms with Crippen molar-refractivity contribution < 1.29 is 14.3 Å². The second kappa shape index (κ2) is 5.96. The lowest BCUT2D eigenvalue weighted by Gasteiger charge is -2.34. The van der Waals surface area contributed by atoms with Gasteiger partial charge in [-0.2, -0.15) is 0 Å². The third kappa shape index (κ3) is 2.73. The molecule has 0 atom stereocenters. The van der Waals surface area contributed by atoms with E-state index in [1.54, 1.807) is 0 Å². The van der Waals surface area contributed by atoms with Gasteiger partial charge in [0.05, 0.1) is 18.3 Å². The Bertz CT molecular complexity index is 489. The number of Topliss-reactive ketones (excluding diaryl/α,β-unsaturated/α-hetero) is 1. The molecule has 1 aromatic rings. The van der Waals surface area contributed by atoms with Gasteiger partial charge >= 0.3 is 0 Å². The van der Waals surface area contributed by atoms with Crippen LogP contribution in [0.5, 0.6) is 5.75 Å². The lowest BCUT2D eigenvalue weighted by atomic mass is 9.78. The van der Waals surface area contributed by atoms with Gasteiger partial charge in [0.15, 0.2) is 5.78 Å². The van der Waals surface area contributed by atoms with E-state index in [0.717, 1.165) is 50.2 Å². The smallest absolute Gasteiger partial charge is 0.166 e. The monoisotopic (exact) mass is 274 g/mol. The molecule has 0 unspecified atom stereocenters. The molecular weight excluding hydrogens is 252 g/mol. The Morgan fingerprint density at radius 3 is 3.05 bits per heavy atom. The Hall–Kier alpha value is -1.35. The molecule has 3 rings (SSSR count). The molecular formula is C17H22O3. The molecule has 0 spiro atoms. The Kier molecular flexibility index (Phi) is 4.06. The maximum absolute atomic E-state index is 12.5. The van der Waals surface area contributed by atoms with Gasteiger partial charge in [0.25, 0.3) is 0 Å². The van der Waals surface area contributed by atoms with Crippen LogP contribution < -0.4 is 4.74 Å². The maximum atomic E-state index is 12.5. The van der Waals surface area contributed by atoms with Crippen molar-refractivity contribution in [2.75, 3.05) is 13.2 Å². The number of benzene rings is 1. The molecule has 1 fully saturated rings. The Balaban J connectivity index is 1.63. The van der Waals surface area contributed by atoms with E-state index < -0.39 is 0 Å². The van der Waals surface area contributed by atoms with Gasteiger partial charge in [-0.05, 0) is 50.2 Å². The lowest BCUT2D eigenvalue weighted by molar-refractivity contribution is -0.0246. The van der Waals surface area contributed by atoms with Gasteiger partial charge in [-0.3, -0.25) is 4.79 Å². The summed E-state index contributed by atoms with van der Waals surface area (Å²) in [5.41, 5.74) is 1.96. The predicted octanol–water partition coefficient (Wildman–Crippen LogP) is 3.40. The van der Waals surface area contributed by atoms with Gasteiger partial charge in [0.1, 0.15) is 5.75 Å². The molecule has 0 bridgehead atoms. The molecule has 1 heterocycles. The highest BCUT2D eigenvalue weighted by Crippen LogP contribution is 2.36. The van der Waals surface area contributed by atoms with Crippen LogP contribution in [0, 0.1) is 5.92 Å². The first-order chi connectivity index (χ1) is 9.78. The fourth-order valence-corrected chi connectivity index (χ4v) is 3.19. The van der Waals surface area contributed by atoms with Crippen LogP contribution in [-0.4, -0.2) is 25.1 Å². The predicted molar refractivity (Wildman–Crippen MR) is 77.3 cm³/mol. The Morgan fingerprint density at radius 1 is 1.40 bits per heavy atom. The van der Waals surface area contributed by atoms with Crippen LogP contribution in [0.3, 0.4) is 0 Å². The third-order valence-corrected chi connectivity index (χ3v) is 4.30. The van der Waals surface area contributed by atoms with Crippen molar-refractivity contribution in [3.05, 3.63) is 29.3 Å². The van der Waals surface area contributed by atoms with Crippen LogP contribution in [0.25, 0.3) is 0 Å². The van der Waals surface area contributed by atoms with Crippen molar-refractivity contribution in [1.29, 1.82) is 0 Å². The summed E-state index contributed by atoms with van der Waals surface area (Å²) in [6, 6.07) is 5.95. The molecule has 1 aliphatic carbocycles. The van der Waals surface area contributed by atoms with Crippen molar-refractivity contribution in [3.63, 3.8) is 0 Å². The summed E-state index contributed by atoms with van der Waals surface area (Å²) in [6.45, 7) is 3.52. The minimum Gasteiger partial charge on any atom is -0.493 e. The summed E-state index contributed by atoms with van der Waals surface area (Å²) in [4.78, 5) is 12.5. The van der Waals surface area contributed by atoms with Crippen LogP contribution in [0.15, 0.2) is 18.2 Å². The van der Waals surface area contributed by atoms with Gasteiger partial charge in [0, 0.05) is 13.0 Å². The highest BCUT2D eigenvalue weighted by atomic mass is 16.5. The number of hydrogen-bond donors (Lipinski definition) is 0. The van der Waals surface area contributed by atoms with E-state index in [1.807, 2.05) is 19.1 Å². The van der Waals surface area contributed by atoms with Crippen LogP contribution in [-0.2, 0) is 11.2 Å². The largest absolute Gasteiger partial charge is 0.493 e. The number of ether oxygens (including phenoxy) is 2. The Labute approximate surface area is 120 Å². The lowest BCUT2D eigenvalue weighted by Crippen LogP contribution is -2.32. The quantitative estimate of drug-likeness (QED) is 0.772. The molecule has 0 aromatic heterocycles. The number of carbonyl (C=O) groups excluding carboxylic acids is 1. The summed E-state index contributed by atoms with van der Waals surface area (Å²) in [5, 5.41) is 0. The van der Waals surface area contributed by atoms with Gasteiger partial charge in [-0.1, -0.05) is 12.1 Å². The van der Waals surface area contributed by atoms with Crippen molar-refractivity contribution in [3.8, 4) is 5.75 Å². The topological polar surface area (TPSA) is 35.5 Å². The molecule has 3 heteroatoms. The van der Waals surface area contributed by atoms with Crippen LogP contribution in [0.4, 0.5) is 0 Å². The fraction of sp³-hybridized carbons (Fsp3) is 0.588. The van der Waals surface area contributed by atoms with E-state index in [2.05, 4.69) is 6.07 Å². The van der Waals surface area contributed by atoms with Crippen LogP contribution in [0.1, 0.15) is 48.5 Å². The number of hydrogen-bond acceptors (Lipinski definition) is 3. The van der Waals surface area contributed by atoms with Crippen LogP contribution >= 0.6 is 0 Å². The zero-order chi connectivity index (χ0) is 13.9. The second-order valence-corrected chi connectivity index (χ2v) is 5.79. The number of carbonyl (C=O) groups is 1. The summed E-state index contributed by atoms with van der Waals surface area (Å²) >= 11 is 0. The van der Waals surface area contributed by atoms with Gasteiger partial charge in [-0.15, -0.1) is 0 Å². The Morgan fingerprint density at radius 2 is 2.25 bits per heavy atom. The first kappa shape index (κ1) is 13.6. The van der Waals surface area contributed by atoms with Gasteiger partial charge in [-0.25, -0.2) is 0 Å². The fourth-order valence-electron chi connectivity index (χ4n) is 3.19. The van der Waals surface area contributed by atoms with Crippen LogP contribution in [0.2, 0.25) is 0 Å². The van der Waals surface area contributed by atoms with Crippen molar-refractivity contribution in [2.45, 2.75) is 45.1 Å². The molecule has 108 valence electrons. The third-order valence-electron chi connectivity index (χ3n) is 4.30. The molecule has 3 nitrogen and oxygen atoms in total. The second-order valence-electron chi connectivity index (χ2n) is 5.79. The highest BCUT2D eigenvalue weighted by Gasteiger charge is 2.32. The van der Waals surface area contributed by atoms with Gasteiger partial charge < -0.3 is 9.47 Å². The summed E-state index contributed by atoms with van der Waals surface area (Å²) in [7, 11) is 0. The minimum atomic E-state index is 0.226. The average molecular weight is 274 g/mol. The van der Waals surface area contributed by atoms with E-state index in [9.17, 15) is 4.79 Å². The molecule has 20 heavy (non-hydrogen) atoms. The summed E-state index contributed by atoms with van der Waals surface area (Å²) in [5.74, 6) is 1.55.